The van der Waals surface area contributed by atoms with Crippen LogP contribution in [0.15, 0.2) is 24.3 Å². The molecule has 1 rings (SSSR count). The van der Waals surface area contributed by atoms with Gasteiger partial charge in [0.2, 0.25) is 0 Å². The van der Waals surface area contributed by atoms with Crippen molar-refractivity contribution in [2.24, 2.45) is 11.5 Å². The van der Waals surface area contributed by atoms with Crippen molar-refractivity contribution in [2.75, 3.05) is 0 Å². The standard InChI is InChI=1S/C6H4N2O4.CH4N2O/c9-7(10)5-3-1-2-4-6(5)8(11)12;2-1(3)4/h1-4H;(H4,2,3,4). The summed E-state index contributed by atoms with van der Waals surface area (Å²) in [6, 6.07) is 4.12. The molecule has 0 atom stereocenters. The SMILES string of the molecule is NC(N)=O.O=[N+]([O-])c1ccccc1[N+](=O)[O-]. The van der Waals surface area contributed by atoms with E-state index in [-0.39, 0.29) is 0 Å². The molecule has 0 aliphatic carbocycles. The van der Waals surface area contributed by atoms with Crippen molar-refractivity contribution >= 4 is 17.4 Å². The van der Waals surface area contributed by atoms with Gasteiger partial charge in [-0.25, -0.2) is 4.79 Å². The third-order valence-corrected chi connectivity index (χ3v) is 1.28. The number of nitro benzene ring substituents is 2. The van der Waals surface area contributed by atoms with E-state index < -0.39 is 27.3 Å². The first-order chi connectivity index (χ1) is 7.36. The van der Waals surface area contributed by atoms with Crippen molar-refractivity contribution < 1.29 is 14.6 Å². The number of para-hydroxylation sites is 2. The molecule has 9 nitrogen and oxygen atoms in total. The molecule has 16 heavy (non-hydrogen) atoms. The molecule has 0 aliphatic rings. The van der Waals surface area contributed by atoms with Crippen LogP contribution in [-0.2, 0) is 0 Å². The predicted octanol–water partition coefficient (Wildman–Crippen LogP) is 0.527. The van der Waals surface area contributed by atoms with Crippen LogP contribution in [0.3, 0.4) is 0 Å². The maximum absolute atomic E-state index is 10.2. The molecule has 9 heteroatoms. The molecule has 0 heterocycles. The fraction of sp³-hybridized carbons (Fsp3) is 0. The summed E-state index contributed by atoms with van der Waals surface area (Å²) in [4.78, 5) is 27.9. The first kappa shape index (κ1) is 13.3. The van der Waals surface area contributed by atoms with Crippen LogP contribution in [0.1, 0.15) is 0 Å². The van der Waals surface area contributed by atoms with Crippen molar-refractivity contribution in [1.29, 1.82) is 0 Å². The average Bonchev–Trinajstić information content (AvgIpc) is 2.16. The van der Waals surface area contributed by atoms with E-state index in [1.807, 2.05) is 0 Å². The van der Waals surface area contributed by atoms with Crippen LogP contribution >= 0.6 is 0 Å². The summed E-state index contributed by atoms with van der Waals surface area (Å²) in [5.41, 5.74) is 7.53. The highest BCUT2D eigenvalue weighted by atomic mass is 16.6. The summed E-state index contributed by atoms with van der Waals surface area (Å²) >= 11 is 0. The van der Waals surface area contributed by atoms with E-state index in [4.69, 9.17) is 4.79 Å². The summed E-state index contributed by atoms with van der Waals surface area (Å²) in [7, 11) is 0. The Kier molecular flexibility index (Phi) is 4.90. The molecule has 0 aromatic heterocycles. The second-order valence-corrected chi connectivity index (χ2v) is 2.41. The molecule has 0 aliphatic heterocycles. The van der Waals surface area contributed by atoms with Crippen molar-refractivity contribution in [3.05, 3.63) is 44.5 Å². The number of nitrogens with zero attached hydrogens (tertiary/aromatic N) is 2. The van der Waals surface area contributed by atoms with E-state index in [0.717, 1.165) is 12.1 Å². The van der Waals surface area contributed by atoms with Gasteiger partial charge in [0.25, 0.3) is 0 Å². The maximum Gasteiger partial charge on any atom is 0.346 e. The number of primary amides is 2. The Hall–Kier alpha value is -2.71. The molecule has 0 spiro atoms. The molecule has 0 saturated heterocycles. The van der Waals surface area contributed by atoms with E-state index in [9.17, 15) is 20.2 Å². The number of amides is 2. The predicted molar refractivity (Wildman–Crippen MR) is 53.5 cm³/mol. The number of rotatable bonds is 2. The third-order valence-electron chi connectivity index (χ3n) is 1.28. The zero-order valence-electron chi connectivity index (χ0n) is 7.90. The number of carbonyl (C=O) groups is 1. The molecule has 86 valence electrons. The Morgan fingerprint density at radius 1 is 1.00 bits per heavy atom. The molecule has 2 amide bonds. The second kappa shape index (κ2) is 5.90. The number of benzene rings is 1. The summed E-state index contributed by atoms with van der Waals surface area (Å²) in [5, 5.41) is 20.5. The minimum Gasteiger partial charge on any atom is -0.352 e. The molecule has 0 radical (unpaired) electrons. The van der Waals surface area contributed by atoms with E-state index in [1.165, 1.54) is 12.1 Å². The van der Waals surface area contributed by atoms with Crippen LogP contribution in [0.2, 0.25) is 0 Å². The lowest BCUT2D eigenvalue weighted by Crippen LogP contribution is -2.18. The monoisotopic (exact) mass is 228 g/mol. The maximum atomic E-state index is 10.2. The number of nitrogens with two attached hydrogens (primary N) is 2. The smallest absolute Gasteiger partial charge is 0.346 e. The highest BCUT2D eigenvalue weighted by molar-refractivity contribution is 5.69. The Morgan fingerprint density at radius 2 is 1.25 bits per heavy atom. The first-order valence-corrected chi connectivity index (χ1v) is 3.79. The number of urea groups is 1. The molecular formula is C7H8N4O5. The Bertz CT molecular complexity index is 382. The first-order valence-electron chi connectivity index (χ1n) is 3.79. The summed E-state index contributed by atoms with van der Waals surface area (Å²) in [6.45, 7) is 0. The van der Waals surface area contributed by atoms with Gasteiger partial charge in [-0.1, -0.05) is 12.1 Å². The van der Waals surface area contributed by atoms with Gasteiger partial charge in [0.1, 0.15) is 0 Å². The van der Waals surface area contributed by atoms with Crippen molar-refractivity contribution in [1.82, 2.24) is 0 Å². The van der Waals surface area contributed by atoms with Gasteiger partial charge in [-0.3, -0.25) is 20.2 Å². The summed E-state index contributed by atoms with van der Waals surface area (Å²) < 4.78 is 0. The van der Waals surface area contributed by atoms with Gasteiger partial charge >= 0.3 is 17.4 Å². The second-order valence-electron chi connectivity index (χ2n) is 2.41. The number of carbonyl (C=O) groups excluding carboxylic acids is 1. The normalized spacial score (nSPS) is 8.50. The fourth-order valence-corrected chi connectivity index (χ4v) is 0.773. The number of nitro groups is 2. The Balaban J connectivity index is 0.000000487. The average molecular weight is 228 g/mol. The van der Waals surface area contributed by atoms with Crippen LogP contribution in [0.4, 0.5) is 16.2 Å². The van der Waals surface area contributed by atoms with E-state index in [0.29, 0.717) is 0 Å². The van der Waals surface area contributed by atoms with Crippen LogP contribution in [0.25, 0.3) is 0 Å². The van der Waals surface area contributed by atoms with Gasteiger partial charge in [0, 0.05) is 12.1 Å². The molecule has 0 fully saturated rings. The third kappa shape index (κ3) is 4.50. The largest absolute Gasteiger partial charge is 0.352 e. The van der Waals surface area contributed by atoms with Gasteiger partial charge in [-0.15, -0.1) is 0 Å². The van der Waals surface area contributed by atoms with Crippen molar-refractivity contribution in [3.63, 3.8) is 0 Å². The van der Waals surface area contributed by atoms with E-state index in [2.05, 4.69) is 11.5 Å². The number of hydrogen-bond donors (Lipinski definition) is 2. The zero-order valence-corrected chi connectivity index (χ0v) is 7.90. The lowest BCUT2D eigenvalue weighted by atomic mass is 10.3. The molecule has 4 N–H and O–H groups in total. The molecule has 0 saturated carbocycles. The molecule has 0 bridgehead atoms. The fourth-order valence-electron chi connectivity index (χ4n) is 0.773. The quantitative estimate of drug-likeness (QED) is 0.557. The van der Waals surface area contributed by atoms with Gasteiger partial charge in [0.05, 0.1) is 9.85 Å². The molecule has 1 aromatic carbocycles. The van der Waals surface area contributed by atoms with Gasteiger partial charge in [-0.05, 0) is 0 Å². The highest BCUT2D eigenvalue weighted by Gasteiger charge is 2.21. The van der Waals surface area contributed by atoms with Crippen LogP contribution < -0.4 is 11.5 Å². The summed E-state index contributed by atoms with van der Waals surface area (Å²) in [5.74, 6) is 0. The van der Waals surface area contributed by atoms with Gasteiger partial charge in [-0.2, -0.15) is 0 Å². The lowest BCUT2D eigenvalue weighted by molar-refractivity contribution is -0.422. The minimum absolute atomic E-state index is 0.484. The van der Waals surface area contributed by atoms with Crippen LogP contribution in [0.5, 0.6) is 0 Å². The van der Waals surface area contributed by atoms with Crippen molar-refractivity contribution in [2.45, 2.75) is 0 Å². The Labute approximate surface area is 88.9 Å². The van der Waals surface area contributed by atoms with Gasteiger partial charge in [0.15, 0.2) is 0 Å². The lowest BCUT2D eigenvalue weighted by Gasteiger charge is -1.91. The van der Waals surface area contributed by atoms with E-state index >= 15 is 0 Å². The van der Waals surface area contributed by atoms with Crippen molar-refractivity contribution in [3.8, 4) is 0 Å². The number of hydrogen-bond acceptors (Lipinski definition) is 5. The molecular weight excluding hydrogens is 220 g/mol. The molecule has 0 unspecified atom stereocenters. The zero-order chi connectivity index (χ0) is 12.7. The molecule has 1 aromatic rings. The Morgan fingerprint density at radius 3 is 1.44 bits per heavy atom. The topological polar surface area (TPSA) is 155 Å². The van der Waals surface area contributed by atoms with Gasteiger partial charge < -0.3 is 11.5 Å². The summed E-state index contributed by atoms with van der Waals surface area (Å²) in [6.07, 6.45) is 0. The van der Waals surface area contributed by atoms with Crippen LogP contribution in [-0.4, -0.2) is 15.9 Å². The van der Waals surface area contributed by atoms with E-state index in [1.54, 1.807) is 0 Å². The highest BCUT2D eigenvalue weighted by Crippen LogP contribution is 2.24. The minimum atomic E-state index is -0.833. The van der Waals surface area contributed by atoms with Crippen LogP contribution in [0, 0.1) is 20.2 Å².